The highest BCUT2D eigenvalue weighted by atomic mass is 32.1. The second-order valence-corrected chi connectivity index (χ2v) is 16.3. The molecule has 264 valence electrons. The van der Waals surface area contributed by atoms with Crippen LogP contribution in [0.25, 0.3) is 69.6 Å². The zero-order valence-electron chi connectivity index (χ0n) is 30.5. The van der Waals surface area contributed by atoms with Crippen LogP contribution in [-0.4, -0.2) is 0 Å². The van der Waals surface area contributed by atoms with Gasteiger partial charge in [-0.15, -0.1) is 11.3 Å². The van der Waals surface area contributed by atoms with Gasteiger partial charge in [0, 0.05) is 58.7 Å². The molecule has 0 saturated heterocycles. The number of fused-ring (bicyclic) bond motifs is 9. The van der Waals surface area contributed by atoms with Crippen molar-refractivity contribution in [3.63, 3.8) is 0 Å². The van der Waals surface area contributed by atoms with Gasteiger partial charge in [-0.3, -0.25) is 0 Å². The van der Waals surface area contributed by atoms with Crippen LogP contribution >= 0.6 is 11.3 Å². The Morgan fingerprint density at radius 1 is 0.482 bits per heavy atom. The molecule has 2 nitrogen and oxygen atoms in total. The van der Waals surface area contributed by atoms with Crippen LogP contribution in [0.3, 0.4) is 0 Å². The predicted molar refractivity (Wildman–Crippen MR) is 238 cm³/mol. The maximum Gasteiger partial charge on any atom is 0.143 e. The first-order valence-corrected chi connectivity index (χ1v) is 20.3. The van der Waals surface area contributed by atoms with Crippen molar-refractivity contribution < 1.29 is 4.42 Å². The van der Waals surface area contributed by atoms with E-state index in [4.69, 9.17) is 4.42 Å². The van der Waals surface area contributed by atoms with E-state index < -0.39 is 0 Å². The molecular formula is C53H35NOS. The zero-order valence-corrected chi connectivity index (χ0v) is 31.3. The van der Waals surface area contributed by atoms with Crippen molar-refractivity contribution in [2.24, 2.45) is 11.8 Å². The molecule has 56 heavy (non-hydrogen) atoms. The van der Waals surface area contributed by atoms with Crippen molar-refractivity contribution in [3.05, 3.63) is 205 Å². The van der Waals surface area contributed by atoms with Gasteiger partial charge in [0.15, 0.2) is 0 Å². The SMILES string of the molecule is C1=CC2C(C=C1c1cccc3c1oc1c4ccccc4c(N(c4ccccc4)c4ccc(-c5cccc6sc7ccccc7c56)cc4)cc31)C2c1ccccc1. The highest BCUT2D eigenvalue weighted by Crippen LogP contribution is 2.59. The lowest BCUT2D eigenvalue weighted by atomic mass is 9.96. The molecule has 0 N–H and O–H groups in total. The van der Waals surface area contributed by atoms with Gasteiger partial charge in [0.2, 0.25) is 0 Å². The topological polar surface area (TPSA) is 16.4 Å². The number of para-hydroxylation sites is 2. The molecule has 10 aromatic rings. The van der Waals surface area contributed by atoms with Gasteiger partial charge in [-0.05, 0) is 82.5 Å². The maximum atomic E-state index is 6.99. The molecule has 3 heteroatoms. The molecule has 0 aliphatic heterocycles. The van der Waals surface area contributed by atoms with Gasteiger partial charge in [-0.25, -0.2) is 0 Å². The zero-order chi connectivity index (χ0) is 36.7. The summed E-state index contributed by atoms with van der Waals surface area (Å²) in [5, 5.41) is 7.15. The number of anilines is 3. The molecule has 0 amide bonds. The van der Waals surface area contributed by atoms with Crippen molar-refractivity contribution in [1.82, 2.24) is 0 Å². The summed E-state index contributed by atoms with van der Waals surface area (Å²) in [5.41, 5.74) is 11.5. The van der Waals surface area contributed by atoms with Crippen LogP contribution in [0.2, 0.25) is 0 Å². The van der Waals surface area contributed by atoms with E-state index in [0.717, 1.165) is 55.3 Å². The van der Waals surface area contributed by atoms with Crippen LogP contribution in [-0.2, 0) is 0 Å². The van der Waals surface area contributed by atoms with Crippen LogP contribution in [0.4, 0.5) is 17.1 Å². The second kappa shape index (κ2) is 12.4. The Morgan fingerprint density at radius 2 is 1.12 bits per heavy atom. The van der Waals surface area contributed by atoms with Gasteiger partial charge in [0.25, 0.3) is 0 Å². The minimum Gasteiger partial charge on any atom is -0.455 e. The van der Waals surface area contributed by atoms with Crippen LogP contribution in [0, 0.1) is 11.8 Å². The molecule has 8 aromatic carbocycles. The number of hydrogen-bond acceptors (Lipinski definition) is 3. The van der Waals surface area contributed by atoms with E-state index in [1.54, 1.807) is 0 Å². The van der Waals surface area contributed by atoms with E-state index in [9.17, 15) is 0 Å². The van der Waals surface area contributed by atoms with E-state index in [0.29, 0.717) is 17.8 Å². The van der Waals surface area contributed by atoms with Gasteiger partial charge in [0.1, 0.15) is 11.2 Å². The Labute approximate surface area is 328 Å². The van der Waals surface area contributed by atoms with Gasteiger partial charge < -0.3 is 9.32 Å². The normalized spacial score (nSPS) is 17.5. The molecular weight excluding hydrogens is 699 g/mol. The van der Waals surface area contributed by atoms with Crippen LogP contribution in [0.1, 0.15) is 17.0 Å². The van der Waals surface area contributed by atoms with Gasteiger partial charge in [-0.1, -0.05) is 152 Å². The molecule has 0 radical (unpaired) electrons. The minimum atomic E-state index is 0.521. The van der Waals surface area contributed by atoms with Crippen molar-refractivity contribution >= 4 is 86.9 Å². The number of rotatable bonds is 6. The number of allylic oxidation sites excluding steroid dienone is 4. The second-order valence-electron chi connectivity index (χ2n) is 15.2. The van der Waals surface area contributed by atoms with Crippen molar-refractivity contribution in [2.45, 2.75) is 5.92 Å². The lowest BCUT2D eigenvalue weighted by Crippen LogP contribution is -2.10. The van der Waals surface area contributed by atoms with E-state index >= 15 is 0 Å². The lowest BCUT2D eigenvalue weighted by molar-refractivity contribution is 0.671. The predicted octanol–water partition coefficient (Wildman–Crippen LogP) is 15.2. The van der Waals surface area contributed by atoms with Gasteiger partial charge >= 0.3 is 0 Å². The Hall–Kier alpha value is -6.68. The summed E-state index contributed by atoms with van der Waals surface area (Å²) in [5.74, 6) is 1.64. The summed E-state index contributed by atoms with van der Waals surface area (Å²) in [7, 11) is 0. The molecule has 12 rings (SSSR count). The Morgan fingerprint density at radius 3 is 1.96 bits per heavy atom. The Kier molecular flexibility index (Phi) is 7.02. The fourth-order valence-corrected chi connectivity index (χ4v) is 10.6. The molecule has 2 heterocycles. The molecule has 2 aromatic heterocycles. The highest BCUT2D eigenvalue weighted by Gasteiger charge is 2.49. The Bertz CT molecular complexity index is 3210. The number of benzene rings is 8. The third-order valence-electron chi connectivity index (χ3n) is 12.1. The summed E-state index contributed by atoms with van der Waals surface area (Å²) >= 11 is 1.86. The first-order chi connectivity index (χ1) is 27.8. The quantitative estimate of drug-likeness (QED) is 0.169. The van der Waals surface area contributed by atoms with E-state index in [2.05, 4.69) is 199 Å². The number of furan rings is 1. The monoisotopic (exact) mass is 733 g/mol. The summed E-state index contributed by atoms with van der Waals surface area (Å²) in [6.07, 6.45) is 7.21. The smallest absolute Gasteiger partial charge is 0.143 e. The largest absolute Gasteiger partial charge is 0.455 e. The van der Waals surface area contributed by atoms with E-state index in [1.165, 1.54) is 42.4 Å². The fraction of sp³-hybridized carbons (Fsp3) is 0.0566. The average Bonchev–Trinajstić information content (AvgIpc) is 3.66. The number of thiophene rings is 1. The summed E-state index contributed by atoms with van der Waals surface area (Å²) in [6, 6.07) is 63.9. The highest BCUT2D eigenvalue weighted by molar-refractivity contribution is 7.25. The third-order valence-corrected chi connectivity index (χ3v) is 13.2. The molecule has 2 aliphatic carbocycles. The van der Waals surface area contributed by atoms with Crippen molar-refractivity contribution in [2.75, 3.05) is 4.90 Å². The molecule has 1 saturated carbocycles. The molecule has 0 bridgehead atoms. The first-order valence-electron chi connectivity index (χ1n) is 19.5. The van der Waals surface area contributed by atoms with E-state index in [-0.39, 0.29) is 0 Å². The molecule has 1 fully saturated rings. The minimum absolute atomic E-state index is 0.521. The lowest BCUT2D eigenvalue weighted by Gasteiger charge is -2.27. The van der Waals surface area contributed by atoms with Gasteiger partial charge in [0.05, 0.1) is 5.69 Å². The molecule has 3 unspecified atom stereocenters. The number of nitrogens with zero attached hydrogens (tertiary/aromatic N) is 1. The van der Waals surface area contributed by atoms with Crippen LogP contribution in [0.15, 0.2) is 199 Å². The summed E-state index contributed by atoms with van der Waals surface area (Å²) in [6.45, 7) is 0. The van der Waals surface area contributed by atoms with Crippen molar-refractivity contribution in [3.8, 4) is 11.1 Å². The van der Waals surface area contributed by atoms with E-state index in [1.807, 2.05) is 11.3 Å². The summed E-state index contributed by atoms with van der Waals surface area (Å²) < 4.78 is 9.63. The fourth-order valence-electron chi connectivity index (χ4n) is 9.42. The average molecular weight is 734 g/mol. The standard InChI is InChI=1S/C53H35NOS/c1-3-13-34(14-4-1)50-41-30-27-35(31-45(41)50)39-21-11-22-43-46-32-47(40-17-7-8-18-42(40)53(46)55-52(39)43)54(36-15-5-2-6-16-36)37-28-25-33(26-29-37)38-20-12-24-49-51(38)44-19-9-10-23-48(44)56-49/h1-32,41,45,50H. The third kappa shape index (κ3) is 4.87. The molecule has 0 spiro atoms. The summed E-state index contributed by atoms with van der Waals surface area (Å²) in [4.78, 5) is 2.40. The molecule has 2 aliphatic rings. The van der Waals surface area contributed by atoms with Crippen LogP contribution < -0.4 is 4.90 Å². The first kappa shape index (κ1) is 31.6. The maximum absolute atomic E-state index is 6.99. The number of hydrogen-bond donors (Lipinski definition) is 0. The van der Waals surface area contributed by atoms with Crippen LogP contribution in [0.5, 0.6) is 0 Å². The molecule has 3 atom stereocenters. The van der Waals surface area contributed by atoms with Crippen molar-refractivity contribution in [1.29, 1.82) is 0 Å². The van der Waals surface area contributed by atoms with Gasteiger partial charge in [-0.2, -0.15) is 0 Å². The Balaban J connectivity index is 1.01.